The van der Waals surface area contributed by atoms with Crippen molar-refractivity contribution < 1.29 is 10.0 Å². The Hall–Kier alpha value is -1.22. The van der Waals surface area contributed by atoms with Crippen LogP contribution < -0.4 is 5.32 Å². The van der Waals surface area contributed by atoms with Crippen molar-refractivity contribution in [2.24, 2.45) is 16.5 Å². The van der Waals surface area contributed by atoms with E-state index in [1.165, 1.54) is 7.05 Å². The molecule has 1 atom stereocenters. The number of hydrogen-bond donors (Lipinski definition) is 2. The van der Waals surface area contributed by atoms with Crippen LogP contribution in [0.3, 0.4) is 0 Å². The summed E-state index contributed by atoms with van der Waals surface area (Å²) in [4.78, 5) is 11.6. The number of nitriles is 1. The highest BCUT2D eigenvalue weighted by atomic mass is 32.2. The number of nitrogens with one attached hydrogen (secondary N) is 1. The summed E-state index contributed by atoms with van der Waals surface area (Å²) in [6.45, 7) is 3.27. The summed E-state index contributed by atoms with van der Waals surface area (Å²) < 4.78 is 0. The summed E-state index contributed by atoms with van der Waals surface area (Å²) >= 11 is 1.15. The number of thioether (sulfide) groups is 1. The van der Waals surface area contributed by atoms with Gasteiger partial charge in [-0.05, 0) is 20.1 Å². The topological polar surface area (TPSA) is 85.5 Å². The van der Waals surface area contributed by atoms with Gasteiger partial charge in [-0.25, -0.2) is 0 Å². The van der Waals surface area contributed by atoms with Gasteiger partial charge in [-0.2, -0.15) is 5.26 Å². The van der Waals surface area contributed by atoms with Crippen LogP contribution in [-0.4, -0.2) is 29.5 Å². The van der Waals surface area contributed by atoms with Crippen LogP contribution in [0, 0.1) is 22.7 Å². The smallest absolute Gasteiger partial charge is 0.231 e. The molecule has 0 fully saturated rings. The van der Waals surface area contributed by atoms with Crippen LogP contribution in [0.1, 0.15) is 13.8 Å². The van der Waals surface area contributed by atoms with Gasteiger partial charge in [0.15, 0.2) is 0 Å². The molecule has 0 saturated heterocycles. The van der Waals surface area contributed by atoms with Crippen LogP contribution in [0.25, 0.3) is 0 Å². The SMILES string of the molecule is CNC(=O)C(C(=NO)SC)C(C)(C)C#N. The molecule has 5 nitrogen and oxygen atoms in total. The molecule has 84 valence electrons. The molecule has 1 unspecified atom stereocenters. The zero-order valence-electron chi connectivity index (χ0n) is 9.24. The lowest BCUT2D eigenvalue weighted by Gasteiger charge is -2.25. The maximum atomic E-state index is 11.6. The lowest BCUT2D eigenvalue weighted by molar-refractivity contribution is -0.124. The predicted molar refractivity (Wildman–Crippen MR) is 59.7 cm³/mol. The molecule has 0 saturated carbocycles. The maximum absolute atomic E-state index is 11.6. The molecular formula is C9H15N3O2S. The first-order chi connectivity index (χ1) is 6.94. The zero-order chi connectivity index (χ0) is 12.1. The van der Waals surface area contributed by atoms with E-state index in [4.69, 9.17) is 10.5 Å². The van der Waals surface area contributed by atoms with Crippen LogP contribution >= 0.6 is 11.8 Å². The minimum absolute atomic E-state index is 0.237. The molecule has 0 bridgehead atoms. The summed E-state index contributed by atoms with van der Waals surface area (Å²) in [5.41, 5.74) is -0.912. The van der Waals surface area contributed by atoms with E-state index < -0.39 is 11.3 Å². The molecular weight excluding hydrogens is 214 g/mol. The molecule has 0 aliphatic carbocycles. The van der Waals surface area contributed by atoms with Crippen molar-refractivity contribution in [3.63, 3.8) is 0 Å². The van der Waals surface area contributed by atoms with Gasteiger partial charge in [0.2, 0.25) is 5.91 Å². The zero-order valence-corrected chi connectivity index (χ0v) is 10.1. The van der Waals surface area contributed by atoms with Gasteiger partial charge in [0.05, 0.1) is 11.5 Å². The summed E-state index contributed by atoms with van der Waals surface area (Å²) in [5, 5.41) is 23.5. The molecule has 1 amide bonds. The molecule has 0 rings (SSSR count). The monoisotopic (exact) mass is 229 g/mol. The molecule has 0 aliphatic rings. The minimum atomic E-state index is -0.912. The minimum Gasteiger partial charge on any atom is -0.410 e. The van der Waals surface area contributed by atoms with Gasteiger partial charge in [-0.1, -0.05) is 5.16 Å². The summed E-state index contributed by atoms with van der Waals surface area (Å²) in [7, 11) is 1.48. The number of carbonyl (C=O) groups is 1. The van der Waals surface area contributed by atoms with Crippen molar-refractivity contribution in [1.29, 1.82) is 5.26 Å². The lowest BCUT2D eigenvalue weighted by Crippen LogP contribution is -2.41. The van der Waals surface area contributed by atoms with Crippen LogP contribution in [0.15, 0.2) is 5.16 Å². The highest BCUT2D eigenvalue weighted by molar-refractivity contribution is 8.13. The molecule has 0 heterocycles. The third-order valence-electron chi connectivity index (χ3n) is 2.07. The fraction of sp³-hybridized carbons (Fsp3) is 0.667. The number of amides is 1. The Labute approximate surface area is 93.5 Å². The Morgan fingerprint density at radius 1 is 1.67 bits per heavy atom. The second kappa shape index (κ2) is 5.61. The van der Waals surface area contributed by atoms with E-state index in [1.807, 2.05) is 6.07 Å². The molecule has 15 heavy (non-hydrogen) atoms. The Kier molecular flexibility index (Phi) is 5.15. The largest absolute Gasteiger partial charge is 0.410 e. The van der Waals surface area contributed by atoms with Crippen molar-refractivity contribution in [3.05, 3.63) is 0 Å². The molecule has 0 aromatic carbocycles. The predicted octanol–water partition coefficient (Wildman–Crippen LogP) is 1.05. The molecule has 2 N–H and O–H groups in total. The highest BCUT2D eigenvalue weighted by Gasteiger charge is 2.39. The van der Waals surface area contributed by atoms with E-state index in [9.17, 15) is 4.79 Å². The number of rotatable bonds is 3. The quantitative estimate of drug-likeness (QED) is 0.328. The van der Waals surface area contributed by atoms with Crippen molar-refractivity contribution in [3.8, 4) is 6.07 Å². The summed E-state index contributed by atoms with van der Waals surface area (Å²) in [6.07, 6.45) is 1.69. The van der Waals surface area contributed by atoms with Crippen molar-refractivity contribution in [2.45, 2.75) is 13.8 Å². The van der Waals surface area contributed by atoms with Crippen molar-refractivity contribution in [1.82, 2.24) is 5.32 Å². The first kappa shape index (κ1) is 13.8. The van der Waals surface area contributed by atoms with Crippen LogP contribution in [0.5, 0.6) is 0 Å². The van der Waals surface area contributed by atoms with E-state index in [2.05, 4.69) is 10.5 Å². The molecule has 0 aromatic rings. The van der Waals surface area contributed by atoms with E-state index in [1.54, 1.807) is 20.1 Å². The van der Waals surface area contributed by atoms with Gasteiger partial charge in [-0.3, -0.25) is 4.79 Å². The van der Waals surface area contributed by atoms with E-state index in [0.29, 0.717) is 0 Å². The Balaban J connectivity index is 5.26. The van der Waals surface area contributed by atoms with Crippen molar-refractivity contribution >= 4 is 22.7 Å². The van der Waals surface area contributed by atoms with Gasteiger partial charge in [0.25, 0.3) is 0 Å². The molecule has 0 spiro atoms. The lowest BCUT2D eigenvalue weighted by atomic mass is 9.80. The average molecular weight is 229 g/mol. The second-order valence-corrected chi connectivity index (χ2v) is 4.35. The standard InChI is InChI=1S/C9H15N3O2S/c1-9(2,5-10)6(7(13)11-3)8(12-14)15-4/h6,14H,1-4H3,(H,11,13). The Morgan fingerprint density at radius 2 is 2.20 bits per heavy atom. The van der Waals surface area contributed by atoms with E-state index >= 15 is 0 Å². The third-order valence-corrected chi connectivity index (χ3v) is 2.81. The van der Waals surface area contributed by atoms with Gasteiger partial charge in [0, 0.05) is 7.05 Å². The maximum Gasteiger partial charge on any atom is 0.231 e. The first-order valence-electron chi connectivity index (χ1n) is 4.33. The van der Waals surface area contributed by atoms with E-state index in [0.717, 1.165) is 11.8 Å². The Bertz CT molecular complexity index is 307. The van der Waals surface area contributed by atoms with Gasteiger partial charge >= 0.3 is 0 Å². The number of nitrogens with zero attached hydrogens (tertiary/aromatic N) is 2. The number of hydrogen-bond acceptors (Lipinski definition) is 5. The fourth-order valence-corrected chi connectivity index (χ4v) is 1.89. The Morgan fingerprint density at radius 3 is 2.47 bits per heavy atom. The van der Waals surface area contributed by atoms with Crippen LogP contribution in [0.2, 0.25) is 0 Å². The van der Waals surface area contributed by atoms with Crippen molar-refractivity contribution in [2.75, 3.05) is 13.3 Å². The van der Waals surface area contributed by atoms with Gasteiger partial charge < -0.3 is 10.5 Å². The fourth-order valence-electron chi connectivity index (χ4n) is 1.17. The molecule has 0 aromatic heterocycles. The molecule has 0 radical (unpaired) electrons. The summed E-state index contributed by atoms with van der Waals surface area (Å²) in [5.74, 6) is -1.09. The number of oxime groups is 1. The normalized spacial score (nSPS) is 14.2. The third kappa shape index (κ3) is 3.13. The van der Waals surface area contributed by atoms with Gasteiger partial charge in [-0.15, -0.1) is 11.8 Å². The second-order valence-electron chi connectivity index (χ2n) is 3.52. The van der Waals surface area contributed by atoms with Crippen LogP contribution in [0.4, 0.5) is 0 Å². The highest BCUT2D eigenvalue weighted by Crippen LogP contribution is 2.30. The molecule has 0 aliphatic heterocycles. The average Bonchev–Trinajstić information content (AvgIpc) is 2.24. The van der Waals surface area contributed by atoms with E-state index in [-0.39, 0.29) is 11.0 Å². The molecule has 6 heteroatoms. The summed E-state index contributed by atoms with van der Waals surface area (Å²) in [6, 6.07) is 2.04. The number of carbonyl (C=O) groups excluding carboxylic acids is 1. The van der Waals surface area contributed by atoms with Gasteiger partial charge in [0.1, 0.15) is 11.0 Å². The first-order valence-corrected chi connectivity index (χ1v) is 5.55. The van der Waals surface area contributed by atoms with Crippen LogP contribution in [-0.2, 0) is 4.79 Å².